The third-order valence-electron chi connectivity index (χ3n) is 5.57. The van der Waals surface area contributed by atoms with Gasteiger partial charge in [0.2, 0.25) is 5.78 Å². The van der Waals surface area contributed by atoms with Crippen LogP contribution in [0.1, 0.15) is 42.5 Å². The number of carbonyl (C=O) groups excluding carboxylic acids is 2. The van der Waals surface area contributed by atoms with E-state index >= 15 is 0 Å². The molecule has 0 saturated carbocycles. The highest BCUT2D eigenvalue weighted by Gasteiger charge is 2.24. The number of hydrogen-bond acceptors (Lipinski definition) is 5. The molecule has 1 amide bonds. The zero-order valence-corrected chi connectivity index (χ0v) is 20.7. The van der Waals surface area contributed by atoms with E-state index in [1.807, 2.05) is 24.3 Å². The quantitative estimate of drug-likeness (QED) is 0.293. The Labute approximate surface area is 208 Å². The van der Waals surface area contributed by atoms with Gasteiger partial charge < -0.3 is 19.2 Å². The molecule has 7 heteroatoms. The van der Waals surface area contributed by atoms with Crippen molar-refractivity contribution >= 4 is 39.9 Å². The van der Waals surface area contributed by atoms with Gasteiger partial charge in [0.25, 0.3) is 5.91 Å². The molecule has 4 aromatic rings. The van der Waals surface area contributed by atoms with Gasteiger partial charge in [-0.2, -0.15) is 0 Å². The van der Waals surface area contributed by atoms with Crippen molar-refractivity contribution in [3.05, 3.63) is 88.6 Å². The number of ketones is 1. The molecule has 0 unspecified atom stereocenters. The van der Waals surface area contributed by atoms with E-state index < -0.39 is 11.7 Å². The summed E-state index contributed by atoms with van der Waals surface area (Å²) in [5, 5.41) is 3.70. The van der Waals surface area contributed by atoms with Crippen LogP contribution in [0, 0.1) is 0 Å². The SMILES string of the molecule is COc1ccc(C(=O)c2oc3ccccc3c2NC(=O)COc2ccc(C(C)(C)C)cc2)cc1Cl. The highest BCUT2D eigenvalue weighted by molar-refractivity contribution is 6.32. The maximum absolute atomic E-state index is 13.3. The standard InChI is InChI=1S/C28H26ClNO5/c1-28(2,3)18-10-12-19(13-11-18)34-16-24(31)30-25-20-7-5-6-8-22(20)35-27(25)26(32)17-9-14-23(33-4)21(29)15-17/h5-15H,16H2,1-4H3,(H,30,31). The molecule has 0 aliphatic carbocycles. The van der Waals surface area contributed by atoms with Gasteiger partial charge in [-0.25, -0.2) is 0 Å². The fourth-order valence-electron chi connectivity index (χ4n) is 3.64. The summed E-state index contributed by atoms with van der Waals surface area (Å²) in [5.41, 5.74) is 2.26. The van der Waals surface area contributed by atoms with E-state index in [-0.39, 0.29) is 23.5 Å². The van der Waals surface area contributed by atoms with Crippen LogP contribution < -0.4 is 14.8 Å². The van der Waals surface area contributed by atoms with Gasteiger partial charge in [-0.1, -0.05) is 56.6 Å². The molecule has 1 aromatic heterocycles. The summed E-state index contributed by atoms with van der Waals surface area (Å²) in [6.07, 6.45) is 0. The van der Waals surface area contributed by atoms with Gasteiger partial charge in [-0.05, 0) is 53.4 Å². The number of ether oxygens (including phenoxy) is 2. The zero-order valence-electron chi connectivity index (χ0n) is 20.0. The van der Waals surface area contributed by atoms with E-state index in [4.69, 9.17) is 25.5 Å². The highest BCUT2D eigenvalue weighted by atomic mass is 35.5. The molecule has 0 bridgehead atoms. The van der Waals surface area contributed by atoms with E-state index in [0.29, 0.717) is 33.1 Å². The second kappa shape index (κ2) is 9.84. The Kier molecular flexibility index (Phi) is 6.85. The van der Waals surface area contributed by atoms with Crippen molar-refractivity contribution in [3.8, 4) is 11.5 Å². The number of benzene rings is 3. The molecule has 3 aromatic carbocycles. The van der Waals surface area contributed by atoms with E-state index in [1.54, 1.807) is 36.4 Å². The molecule has 1 N–H and O–H groups in total. The minimum atomic E-state index is -0.418. The number of hydrogen-bond donors (Lipinski definition) is 1. The molecule has 0 spiro atoms. The number of anilines is 1. The summed E-state index contributed by atoms with van der Waals surface area (Å²) >= 11 is 6.20. The molecule has 35 heavy (non-hydrogen) atoms. The minimum Gasteiger partial charge on any atom is -0.495 e. The highest BCUT2D eigenvalue weighted by Crippen LogP contribution is 2.34. The maximum atomic E-state index is 13.3. The number of halogens is 1. The topological polar surface area (TPSA) is 77.8 Å². The fraction of sp³-hybridized carbons (Fsp3) is 0.214. The molecule has 4 rings (SSSR count). The number of nitrogens with one attached hydrogen (secondary N) is 1. The summed E-state index contributed by atoms with van der Waals surface area (Å²) in [6.45, 7) is 6.16. The van der Waals surface area contributed by atoms with Crippen molar-refractivity contribution in [3.63, 3.8) is 0 Å². The van der Waals surface area contributed by atoms with Crippen molar-refractivity contribution in [1.82, 2.24) is 0 Å². The molecule has 0 fully saturated rings. The summed E-state index contributed by atoms with van der Waals surface area (Å²) in [6, 6.07) is 19.4. The lowest BCUT2D eigenvalue weighted by molar-refractivity contribution is -0.118. The molecule has 6 nitrogen and oxygen atoms in total. The Balaban J connectivity index is 1.56. The monoisotopic (exact) mass is 491 g/mol. The van der Waals surface area contributed by atoms with Gasteiger partial charge in [0.1, 0.15) is 17.1 Å². The Bertz CT molecular complexity index is 1380. The Hall–Kier alpha value is -3.77. The minimum absolute atomic E-state index is 0.00955. The number of para-hydroxylation sites is 1. The first kappa shape index (κ1) is 24.4. The largest absolute Gasteiger partial charge is 0.495 e. The molecule has 0 aliphatic heterocycles. The second-order valence-corrected chi connectivity index (χ2v) is 9.50. The third kappa shape index (κ3) is 5.33. The molecular weight excluding hydrogens is 466 g/mol. The Morgan fingerprint density at radius 2 is 1.71 bits per heavy atom. The average Bonchev–Trinajstić information content (AvgIpc) is 3.20. The summed E-state index contributed by atoms with van der Waals surface area (Å²) < 4.78 is 16.7. The molecule has 180 valence electrons. The summed E-state index contributed by atoms with van der Waals surface area (Å²) in [5.74, 6) is 0.205. The first-order valence-electron chi connectivity index (χ1n) is 11.1. The van der Waals surface area contributed by atoms with Gasteiger partial charge in [0.15, 0.2) is 12.4 Å². The third-order valence-corrected chi connectivity index (χ3v) is 5.87. The summed E-state index contributed by atoms with van der Waals surface area (Å²) in [4.78, 5) is 26.1. The molecule has 0 saturated heterocycles. The van der Waals surface area contributed by atoms with Crippen molar-refractivity contribution in [2.45, 2.75) is 26.2 Å². The molecule has 0 atom stereocenters. The molecule has 0 aliphatic rings. The second-order valence-electron chi connectivity index (χ2n) is 9.09. The fourth-order valence-corrected chi connectivity index (χ4v) is 3.90. The molecule has 1 heterocycles. The van der Waals surface area contributed by atoms with Crippen LogP contribution in [0.15, 0.2) is 71.1 Å². The van der Waals surface area contributed by atoms with Crippen molar-refractivity contribution in [2.75, 3.05) is 19.0 Å². The lowest BCUT2D eigenvalue weighted by atomic mass is 9.87. The van der Waals surface area contributed by atoms with E-state index in [0.717, 1.165) is 0 Å². The predicted molar refractivity (Wildman–Crippen MR) is 137 cm³/mol. The van der Waals surface area contributed by atoms with E-state index in [1.165, 1.54) is 18.7 Å². The average molecular weight is 492 g/mol. The lowest BCUT2D eigenvalue weighted by Gasteiger charge is -2.19. The smallest absolute Gasteiger partial charge is 0.262 e. The van der Waals surface area contributed by atoms with Gasteiger partial charge in [0, 0.05) is 10.9 Å². The maximum Gasteiger partial charge on any atom is 0.262 e. The number of rotatable bonds is 7. The molecular formula is C28H26ClNO5. The van der Waals surface area contributed by atoms with Gasteiger partial charge in [0.05, 0.1) is 17.8 Å². The number of methoxy groups -OCH3 is 1. The lowest BCUT2D eigenvalue weighted by Crippen LogP contribution is -2.21. The van der Waals surface area contributed by atoms with Crippen LogP contribution in [0.2, 0.25) is 5.02 Å². The van der Waals surface area contributed by atoms with Gasteiger partial charge in [-0.3, -0.25) is 9.59 Å². The van der Waals surface area contributed by atoms with E-state index in [2.05, 4.69) is 26.1 Å². The first-order chi connectivity index (χ1) is 16.7. The van der Waals surface area contributed by atoms with E-state index in [9.17, 15) is 9.59 Å². The molecule has 0 radical (unpaired) electrons. The van der Waals surface area contributed by atoms with Crippen LogP contribution in [-0.2, 0) is 10.2 Å². The number of furan rings is 1. The number of fused-ring (bicyclic) bond motifs is 1. The van der Waals surface area contributed by atoms with Crippen LogP contribution in [0.4, 0.5) is 5.69 Å². The van der Waals surface area contributed by atoms with Crippen molar-refractivity contribution in [2.24, 2.45) is 0 Å². The van der Waals surface area contributed by atoms with Crippen LogP contribution in [0.25, 0.3) is 11.0 Å². The Morgan fingerprint density at radius 3 is 2.37 bits per heavy atom. The van der Waals surface area contributed by atoms with Crippen LogP contribution in [0.5, 0.6) is 11.5 Å². The van der Waals surface area contributed by atoms with Crippen LogP contribution >= 0.6 is 11.6 Å². The summed E-state index contributed by atoms with van der Waals surface area (Å²) in [7, 11) is 1.50. The first-order valence-corrected chi connectivity index (χ1v) is 11.5. The zero-order chi connectivity index (χ0) is 25.2. The Morgan fingerprint density at radius 1 is 1.00 bits per heavy atom. The van der Waals surface area contributed by atoms with Crippen LogP contribution in [-0.4, -0.2) is 25.4 Å². The predicted octanol–water partition coefficient (Wildman–Crippen LogP) is 6.64. The number of amides is 1. The van der Waals surface area contributed by atoms with Crippen LogP contribution in [0.3, 0.4) is 0 Å². The van der Waals surface area contributed by atoms with Crippen molar-refractivity contribution < 1.29 is 23.5 Å². The normalized spacial score (nSPS) is 11.3. The van der Waals surface area contributed by atoms with Crippen molar-refractivity contribution in [1.29, 1.82) is 0 Å². The number of carbonyl (C=O) groups is 2. The van der Waals surface area contributed by atoms with Gasteiger partial charge in [-0.15, -0.1) is 0 Å². The van der Waals surface area contributed by atoms with Gasteiger partial charge >= 0.3 is 0 Å².